The van der Waals surface area contributed by atoms with E-state index in [4.69, 9.17) is 4.42 Å². The molecule has 2 aromatic heterocycles. The molecule has 2 heterocycles. The Balaban J connectivity index is 1.45. The van der Waals surface area contributed by atoms with Crippen molar-refractivity contribution < 1.29 is 27.8 Å². The highest BCUT2D eigenvalue weighted by Gasteiger charge is 2.58. The van der Waals surface area contributed by atoms with Crippen molar-refractivity contribution in [1.82, 2.24) is 4.31 Å². The topological polar surface area (TPSA) is 108 Å². The maximum atomic E-state index is 14.2. The molecule has 2 bridgehead atoms. The van der Waals surface area contributed by atoms with E-state index in [1.54, 1.807) is 29.6 Å². The lowest BCUT2D eigenvalue weighted by Crippen LogP contribution is -2.53. The van der Waals surface area contributed by atoms with E-state index in [1.165, 1.54) is 27.5 Å². The first-order valence-corrected chi connectivity index (χ1v) is 18.7. The van der Waals surface area contributed by atoms with Crippen molar-refractivity contribution in [2.24, 2.45) is 5.41 Å². The molecule has 0 aliphatic heterocycles. The molecule has 0 radical (unpaired) electrons. The molecular weight excluding hydrogens is 631 g/mol. The molecule has 1 saturated carbocycles. The van der Waals surface area contributed by atoms with Gasteiger partial charge < -0.3 is 14.6 Å². The van der Waals surface area contributed by atoms with E-state index in [0.717, 1.165) is 23.1 Å². The molecule has 2 N–H and O–H groups in total. The highest BCUT2D eigenvalue weighted by Crippen LogP contribution is 2.59. The van der Waals surface area contributed by atoms with Gasteiger partial charge in [0.15, 0.2) is 5.76 Å². The second-order valence-electron chi connectivity index (χ2n) is 13.4. The lowest BCUT2D eigenvalue weighted by molar-refractivity contribution is -0.0731. The predicted octanol–water partition coefficient (Wildman–Crippen LogP) is 7.50. The van der Waals surface area contributed by atoms with E-state index >= 15 is 0 Å². The van der Waals surface area contributed by atoms with Crippen LogP contribution < -0.4 is 0 Å². The fourth-order valence-electron chi connectivity index (χ4n) is 7.58. The summed E-state index contributed by atoms with van der Waals surface area (Å²) in [6.45, 7) is 4.19. The molecule has 4 aromatic rings. The van der Waals surface area contributed by atoms with Crippen molar-refractivity contribution in [1.29, 1.82) is 0 Å². The highest BCUT2D eigenvalue weighted by atomic mass is 32.2. The summed E-state index contributed by atoms with van der Waals surface area (Å²) in [5.74, 6) is -0.248. The van der Waals surface area contributed by atoms with Gasteiger partial charge in [0.2, 0.25) is 5.78 Å². The van der Waals surface area contributed by atoms with Crippen LogP contribution in [0.2, 0.25) is 0 Å². The Morgan fingerprint density at radius 2 is 1.85 bits per heavy atom. The molecule has 7 rings (SSSR count). The highest BCUT2D eigenvalue weighted by molar-refractivity contribution is 7.91. The van der Waals surface area contributed by atoms with Crippen molar-refractivity contribution in [3.63, 3.8) is 0 Å². The fraction of sp³-hybridized carbons (Fsp3) is 0.395. The summed E-state index contributed by atoms with van der Waals surface area (Å²) in [6.07, 6.45) is 7.10. The minimum Gasteiger partial charge on any atom is -0.461 e. The molecule has 2 aromatic carbocycles. The average Bonchev–Trinajstić information content (AvgIpc) is 3.83. The summed E-state index contributed by atoms with van der Waals surface area (Å²) in [4.78, 5) is 14.0. The smallest absolute Gasteiger partial charge is 0.252 e. The molecule has 0 amide bonds. The molecular formula is C38H43NO6S2. The number of aliphatic hydroxyl groups is 2. The quantitative estimate of drug-likeness (QED) is 0.148. The maximum Gasteiger partial charge on any atom is 0.252 e. The summed E-state index contributed by atoms with van der Waals surface area (Å²) in [5, 5.41) is 25.5. The Hall–Kier alpha value is -3.34. The Labute approximate surface area is 281 Å². The number of thiophene rings is 1. The van der Waals surface area contributed by atoms with Crippen LogP contribution in [0.3, 0.4) is 0 Å². The molecule has 47 heavy (non-hydrogen) atoms. The number of carbonyl (C=O) groups excluding carboxylic acids is 1. The van der Waals surface area contributed by atoms with E-state index in [0.29, 0.717) is 44.1 Å². The zero-order valence-corrected chi connectivity index (χ0v) is 28.6. The first-order chi connectivity index (χ1) is 22.5. The third-order valence-corrected chi connectivity index (χ3v) is 13.6. The van der Waals surface area contributed by atoms with E-state index in [9.17, 15) is 23.4 Å². The Morgan fingerprint density at radius 1 is 1.04 bits per heavy atom. The van der Waals surface area contributed by atoms with Crippen LogP contribution in [0.25, 0.3) is 0 Å². The number of sulfonamides is 1. The first kappa shape index (κ1) is 33.6. The number of furan rings is 1. The number of allylic oxidation sites excluding steroid dienone is 2. The summed E-state index contributed by atoms with van der Waals surface area (Å²) >= 11 is 1.17. The van der Waals surface area contributed by atoms with Crippen LogP contribution >= 0.6 is 11.3 Å². The largest absolute Gasteiger partial charge is 0.461 e. The van der Waals surface area contributed by atoms with Gasteiger partial charge >= 0.3 is 0 Å². The number of aliphatic hydroxyl groups excluding tert-OH is 1. The SMILES string of the molecule is CC1=CCC[C@@]2(C)[C@@H](CC[C@@]2(O)CN(Cc2ccccc2)S(=O)(=O)c2cccs2)c2ccc(cc2C(=O)c2ccco2)C[C@@H](O)CC1. The third-order valence-electron chi connectivity index (χ3n) is 10.4. The molecule has 3 aliphatic rings. The summed E-state index contributed by atoms with van der Waals surface area (Å²) in [5.41, 5.74) is 2.02. The van der Waals surface area contributed by atoms with Gasteiger partial charge in [0, 0.05) is 24.1 Å². The van der Waals surface area contributed by atoms with Crippen molar-refractivity contribution in [3.05, 3.63) is 124 Å². The summed E-state index contributed by atoms with van der Waals surface area (Å²) in [7, 11) is -3.92. The predicted molar refractivity (Wildman–Crippen MR) is 184 cm³/mol. The molecule has 3 aliphatic carbocycles. The molecule has 0 unspecified atom stereocenters. The standard InChI is InChI=1S/C38H43NO6S2/c1-27-9-6-19-37(2)33(31-17-15-29(23-30(40)16-14-27)24-32(31)36(41)34-12-7-21-45-34)18-20-38(37,42)26-39(25-28-10-4-3-5-11-28)47(43,44)35-13-8-22-46-35/h3-5,7-13,15,17,21-22,24,30,33,40,42H,6,14,16,18-20,23,25-26H2,1-2H3/t30-,33-,37-,38+/m0/s1. The Bertz CT molecular complexity index is 1820. The second kappa shape index (κ2) is 13.6. The fourth-order valence-corrected chi connectivity index (χ4v) is 10.2. The van der Waals surface area contributed by atoms with Gasteiger partial charge in [0.25, 0.3) is 10.0 Å². The van der Waals surface area contributed by atoms with Crippen molar-refractivity contribution in [2.45, 2.75) is 87.2 Å². The molecule has 0 saturated heterocycles. The van der Waals surface area contributed by atoms with Crippen LogP contribution in [0.1, 0.15) is 91.1 Å². The summed E-state index contributed by atoms with van der Waals surface area (Å²) in [6, 6.07) is 22.0. The van der Waals surface area contributed by atoms with Gasteiger partial charge in [-0.1, -0.05) is 67.1 Å². The van der Waals surface area contributed by atoms with E-state index in [-0.39, 0.29) is 34.8 Å². The minimum absolute atomic E-state index is 0.0798. The molecule has 9 heteroatoms. The first-order valence-electron chi connectivity index (χ1n) is 16.3. The maximum absolute atomic E-state index is 14.2. The van der Waals surface area contributed by atoms with Gasteiger partial charge in [-0.15, -0.1) is 11.3 Å². The minimum atomic E-state index is -3.92. The van der Waals surface area contributed by atoms with Crippen LogP contribution in [0.5, 0.6) is 0 Å². The van der Waals surface area contributed by atoms with Crippen molar-refractivity contribution in [2.75, 3.05) is 6.54 Å². The monoisotopic (exact) mass is 673 g/mol. The number of hydrogen-bond acceptors (Lipinski definition) is 7. The van der Waals surface area contributed by atoms with Gasteiger partial charge in [0.05, 0.1) is 18.0 Å². The average molecular weight is 674 g/mol. The number of nitrogens with zero attached hydrogens (tertiary/aromatic N) is 1. The van der Waals surface area contributed by atoms with Crippen molar-refractivity contribution in [3.8, 4) is 0 Å². The summed E-state index contributed by atoms with van der Waals surface area (Å²) < 4.78 is 35.5. The van der Waals surface area contributed by atoms with Crippen LogP contribution in [-0.2, 0) is 23.0 Å². The van der Waals surface area contributed by atoms with Crippen molar-refractivity contribution >= 4 is 27.1 Å². The lowest BCUT2D eigenvalue weighted by atomic mass is 9.65. The van der Waals surface area contributed by atoms with E-state index < -0.39 is 27.1 Å². The second-order valence-corrected chi connectivity index (χ2v) is 16.6. The molecule has 1 fully saturated rings. The van der Waals surface area contributed by atoms with Gasteiger partial charge in [-0.05, 0) is 104 Å². The number of carbonyl (C=O) groups is 1. The zero-order valence-electron chi connectivity index (χ0n) is 27.0. The number of fused-ring (bicyclic) bond motifs is 8. The van der Waals surface area contributed by atoms with Crippen LogP contribution in [-0.4, -0.2) is 47.0 Å². The van der Waals surface area contributed by atoms with Crippen LogP contribution in [0.15, 0.2) is 105 Å². The number of rotatable bonds is 8. The van der Waals surface area contributed by atoms with E-state index in [2.05, 4.69) is 19.9 Å². The Kier molecular flexibility index (Phi) is 9.74. The Morgan fingerprint density at radius 3 is 2.57 bits per heavy atom. The molecule has 4 atom stereocenters. The normalized spacial score (nSPS) is 25.3. The van der Waals surface area contributed by atoms with Gasteiger partial charge in [-0.3, -0.25) is 4.79 Å². The van der Waals surface area contributed by atoms with Crippen LogP contribution in [0.4, 0.5) is 0 Å². The van der Waals surface area contributed by atoms with E-state index in [1.807, 2.05) is 48.5 Å². The number of ketones is 1. The number of benzene rings is 2. The van der Waals surface area contributed by atoms with Gasteiger partial charge in [0.1, 0.15) is 4.21 Å². The lowest BCUT2D eigenvalue weighted by Gasteiger charge is -2.46. The van der Waals surface area contributed by atoms with Gasteiger partial charge in [-0.25, -0.2) is 8.42 Å². The molecule has 0 spiro atoms. The third kappa shape index (κ3) is 6.82. The van der Waals surface area contributed by atoms with Gasteiger partial charge in [-0.2, -0.15) is 4.31 Å². The molecule has 7 nitrogen and oxygen atoms in total. The zero-order chi connectivity index (χ0) is 33.2. The van der Waals surface area contributed by atoms with Crippen LogP contribution in [0, 0.1) is 5.41 Å². The molecule has 248 valence electrons. The number of hydrogen-bond donors (Lipinski definition) is 2.